The van der Waals surface area contributed by atoms with Gasteiger partial charge in [0.25, 0.3) is 0 Å². The highest BCUT2D eigenvalue weighted by molar-refractivity contribution is 7.15. The maximum absolute atomic E-state index is 10.7. The van der Waals surface area contributed by atoms with Gasteiger partial charge in [-0.3, -0.25) is 0 Å². The largest absolute Gasteiger partial charge is 0.476 e. The Morgan fingerprint density at radius 3 is 2.60 bits per heavy atom. The molecule has 1 rings (SSSR count). The number of hydrogen-bond acceptors (Lipinski definition) is 5. The van der Waals surface area contributed by atoms with Crippen LogP contribution in [0.2, 0.25) is 0 Å². The van der Waals surface area contributed by atoms with E-state index in [1.165, 1.54) is 0 Å². The first-order valence-electron chi connectivity index (χ1n) is 4.42. The smallest absolute Gasteiger partial charge is 0.357 e. The predicted octanol–water partition coefficient (Wildman–Crippen LogP) is 1.74. The summed E-state index contributed by atoms with van der Waals surface area (Å²) in [4.78, 5) is 14.5. The number of aromatic nitrogens is 1. The number of carboxylic acid groups (broad SMARTS) is 1. The lowest BCUT2D eigenvalue weighted by Crippen LogP contribution is -2.18. The number of ether oxygens (including phenoxy) is 1. The standard InChI is InChI=1S/C9H14N2O3S/c1-9(2,3)14-4-5-11-6(8(12)13)7(10)15-5/h4,10H2,1-3H3,(H,12,13). The van der Waals surface area contributed by atoms with Crippen LogP contribution in [0.3, 0.4) is 0 Å². The van der Waals surface area contributed by atoms with Crippen LogP contribution in [0, 0.1) is 0 Å². The SMILES string of the molecule is CC(C)(C)OCc1nc(C(=O)O)c(N)s1. The Labute approximate surface area is 91.9 Å². The van der Waals surface area contributed by atoms with E-state index >= 15 is 0 Å². The molecule has 3 N–H and O–H groups in total. The molecule has 0 atom stereocenters. The molecule has 0 aliphatic carbocycles. The fourth-order valence-corrected chi connectivity index (χ4v) is 1.61. The molecule has 0 fully saturated rings. The van der Waals surface area contributed by atoms with Gasteiger partial charge in [0.05, 0.1) is 12.2 Å². The van der Waals surface area contributed by atoms with Crippen molar-refractivity contribution in [3.8, 4) is 0 Å². The second-order valence-electron chi connectivity index (χ2n) is 4.03. The lowest BCUT2D eigenvalue weighted by Gasteiger charge is -2.18. The van der Waals surface area contributed by atoms with Gasteiger partial charge in [-0.15, -0.1) is 0 Å². The molecule has 0 aliphatic heterocycles. The fraction of sp³-hybridized carbons (Fsp3) is 0.556. The normalized spacial score (nSPS) is 11.7. The minimum atomic E-state index is -1.11. The summed E-state index contributed by atoms with van der Waals surface area (Å²) < 4.78 is 5.46. The van der Waals surface area contributed by atoms with Gasteiger partial charge in [0.2, 0.25) is 0 Å². The molecule has 1 heterocycles. The Morgan fingerprint density at radius 2 is 2.20 bits per heavy atom. The molecule has 1 aromatic rings. The Balaban J connectivity index is 2.72. The van der Waals surface area contributed by atoms with Crippen molar-refractivity contribution in [2.24, 2.45) is 0 Å². The van der Waals surface area contributed by atoms with E-state index in [1.807, 2.05) is 20.8 Å². The molecule has 0 amide bonds. The first kappa shape index (κ1) is 11.9. The maximum atomic E-state index is 10.7. The monoisotopic (exact) mass is 230 g/mol. The fourth-order valence-electron chi connectivity index (χ4n) is 0.871. The number of carboxylic acids is 1. The van der Waals surface area contributed by atoms with E-state index in [4.69, 9.17) is 15.6 Å². The number of nitrogens with two attached hydrogens (primary N) is 1. The van der Waals surface area contributed by atoms with Crippen LogP contribution >= 0.6 is 11.3 Å². The average molecular weight is 230 g/mol. The van der Waals surface area contributed by atoms with Crippen LogP contribution in [0.5, 0.6) is 0 Å². The van der Waals surface area contributed by atoms with Gasteiger partial charge in [-0.1, -0.05) is 11.3 Å². The van der Waals surface area contributed by atoms with Crippen LogP contribution in [0.4, 0.5) is 5.00 Å². The number of hydrogen-bond donors (Lipinski definition) is 2. The third kappa shape index (κ3) is 3.49. The zero-order valence-corrected chi connectivity index (χ0v) is 9.72. The molecule has 0 unspecified atom stereocenters. The maximum Gasteiger partial charge on any atom is 0.357 e. The van der Waals surface area contributed by atoms with Gasteiger partial charge in [0.1, 0.15) is 10.0 Å². The summed E-state index contributed by atoms with van der Waals surface area (Å²) in [6.45, 7) is 6.04. The number of nitrogens with zero attached hydrogens (tertiary/aromatic N) is 1. The van der Waals surface area contributed by atoms with E-state index in [9.17, 15) is 4.79 Å². The summed E-state index contributed by atoms with van der Waals surface area (Å²) >= 11 is 1.14. The zero-order chi connectivity index (χ0) is 11.6. The molecular weight excluding hydrogens is 216 g/mol. The van der Waals surface area contributed by atoms with Crippen LogP contribution in [0.15, 0.2) is 0 Å². The minimum absolute atomic E-state index is 0.0903. The number of aromatic carboxylic acids is 1. The van der Waals surface area contributed by atoms with E-state index < -0.39 is 5.97 Å². The molecule has 6 heteroatoms. The van der Waals surface area contributed by atoms with Crippen molar-refractivity contribution in [2.45, 2.75) is 33.0 Å². The Hall–Kier alpha value is -1.14. The van der Waals surface area contributed by atoms with Crippen molar-refractivity contribution in [1.82, 2.24) is 4.98 Å². The van der Waals surface area contributed by atoms with Crippen molar-refractivity contribution in [1.29, 1.82) is 0 Å². The second kappa shape index (κ2) is 4.16. The molecule has 0 saturated heterocycles. The summed E-state index contributed by atoms with van der Waals surface area (Å²) in [5, 5.41) is 9.53. The van der Waals surface area contributed by atoms with Crippen molar-refractivity contribution in [3.63, 3.8) is 0 Å². The summed E-state index contributed by atoms with van der Waals surface area (Å²) in [5.41, 5.74) is 5.14. The van der Waals surface area contributed by atoms with Crippen LogP contribution in [-0.2, 0) is 11.3 Å². The summed E-state index contributed by atoms with van der Waals surface area (Å²) in [6, 6.07) is 0. The van der Waals surface area contributed by atoms with Crippen LogP contribution in [-0.4, -0.2) is 21.7 Å². The lowest BCUT2D eigenvalue weighted by atomic mass is 10.2. The first-order chi connectivity index (χ1) is 6.79. The third-order valence-corrected chi connectivity index (χ3v) is 2.39. The molecule has 5 nitrogen and oxygen atoms in total. The van der Waals surface area contributed by atoms with E-state index in [0.717, 1.165) is 11.3 Å². The Kier molecular flexibility index (Phi) is 3.31. The number of anilines is 1. The highest BCUT2D eigenvalue weighted by Gasteiger charge is 2.17. The molecule has 0 saturated carbocycles. The van der Waals surface area contributed by atoms with Crippen LogP contribution < -0.4 is 5.73 Å². The molecule has 0 radical (unpaired) electrons. The lowest BCUT2D eigenvalue weighted by molar-refractivity contribution is -0.0150. The van der Waals surface area contributed by atoms with Gasteiger partial charge >= 0.3 is 5.97 Å². The Bertz CT molecular complexity index is 368. The van der Waals surface area contributed by atoms with Crippen LogP contribution in [0.25, 0.3) is 0 Å². The van der Waals surface area contributed by atoms with Gasteiger partial charge in [-0.05, 0) is 20.8 Å². The van der Waals surface area contributed by atoms with Gasteiger partial charge in [-0.25, -0.2) is 9.78 Å². The van der Waals surface area contributed by atoms with Gasteiger partial charge in [0.15, 0.2) is 5.69 Å². The summed E-state index contributed by atoms with van der Waals surface area (Å²) in [5.74, 6) is -1.11. The second-order valence-corrected chi connectivity index (χ2v) is 5.14. The summed E-state index contributed by atoms with van der Waals surface area (Å²) in [7, 11) is 0. The van der Waals surface area contributed by atoms with Gasteiger partial charge < -0.3 is 15.6 Å². The highest BCUT2D eigenvalue weighted by Crippen LogP contribution is 2.23. The van der Waals surface area contributed by atoms with Crippen molar-refractivity contribution < 1.29 is 14.6 Å². The summed E-state index contributed by atoms with van der Waals surface area (Å²) in [6.07, 6.45) is 0. The quantitative estimate of drug-likeness (QED) is 0.826. The highest BCUT2D eigenvalue weighted by atomic mass is 32.1. The predicted molar refractivity (Wildman–Crippen MR) is 58.0 cm³/mol. The minimum Gasteiger partial charge on any atom is -0.476 e. The number of thiazole rings is 1. The van der Waals surface area contributed by atoms with E-state index in [2.05, 4.69) is 4.98 Å². The molecule has 0 aromatic carbocycles. The molecular formula is C9H14N2O3S. The zero-order valence-electron chi connectivity index (χ0n) is 8.90. The van der Waals surface area contributed by atoms with E-state index in [0.29, 0.717) is 5.01 Å². The van der Waals surface area contributed by atoms with E-state index in [-0.39, 0.29) is 22.9 Å². The van der Waals surface area contributed by atoms with Gasteiger partial charge in [0, 0.05) is 0 Å². The van der Waals surface area contributed by atoms with Crippen LogP contribution in [0.1, 0.15) is 36.3 Å². The van der Waals surface area contributed by atoms with Crippen molar-refractivity contribution in [2.75, 3.05) is 5.73 Å². The van der Waals surface area contributed by atoms with Crippen molar-refractivity contribution >= 4 is 22.3 Å². The number of nitrogen functional groups attached to an aromatic ring is 1. The number of rotatable bonds is 3. The number of carbonyl (C=O) groups is 1. The first-order valence-corrected chi connectivity index (χ1v) is 5.23. The average Bonchev–Trinajstić information content (AvgIpc) is 2.42. The Morgan fingerprint density at radius 1 is 1.60 bits per heavy atom. The molecule has 1 aromatic heterocycles. The molecule has 84 valence electrons. The van der Waals surface area contributed by atoms with Gasteiger partial charge in [-0.2, -0.15) is 0 Å². The molecule has 0 aliphatic rings. The van der Waals surface area contributed by atoms with Crippen molar-refractivity contribution in [3.05, 3.63) is 10.7 Å². The third-order valence-electron chi connectivity index (χ3n) is 1.53. The topological polar surface area (TPSA) is 85.4 Å². The molecule has 15 heavy (non-hydrogen) atoms. The molecule has 0 spiro atoms. The molecule has 0 bridgehead atoms. The van der Waals surface area contributed by atoms with E-state index in [1.54, 1.807) is 0 Å².